The largest absolute Gasteiger partial charge is 0.481 e. The van der Waals surface area contributed by atoms with Gasteiger partial charge in [0, 0.05) is 43.9 Å². The van der Waals surface area contributed by atoms with Crippen LogP contribution in [0, 0.1) is 23.7 Å². The Morgan fingerprint density at radius 3 is 2.67 bits per heavy atom. The number of rotatable bonds is 3. The van der Waals surface area contributed by atoms with Gasteiger partial charge in [0.05, 0.1) is 12.2 Å². The Bertz CT molecular complexity index is 656. The maximum absolute atomic E-state index is 13.0. The summed E-state index contributed by atoms with van der Waals surface area (Å²) in [5.41, 5.74) is 0.904. The van der Waals surface area contributed by atoms with Gasteiger partial charge in [0.1, 0.15) is 0 Å². The molecular weight excluding hydrogens is 306 g/mol. The second-order valence-electron chi connectivity index (χ2n) is 7.77. The van der Waals surface area contributed by atoms with Crippen molar-refractivity contribution < 1.29 is 14.7 Å². The number of carbonyl (C=O) groups is 2. The zero-order chi connectivity index (χ0) is 16.8. The highest BCUT2D eigenvalue weighted by atomic mass is 16.4. The van der Waals surface area contributed by atoms with Crippen molar-refractivity contribution in [3.8, 4) is 0 Å². The number of nitrogens with zero attached hydrogens (tertiary/aromatic N) is 3. The van der Waals surface area contributed by atoms with Crippen LogP contribution >= 0.6 is 0 Å². The number of carbonyl (C=O) groups excluding carboxylic acids is 1. The van der Waals surface area contributed by atoms with Gasteiger partial charge in [0.15, 0.2) is 0 Å². The van der Waals surface area contributed by atoms with Crippen LogP contribution in [0.25, 0.3) is 0 Å². The first-order valence-electron chi connectivity index (χ1n) is 9.04. The number of hydrogen-bond acceptors (Lipinski definition) is 3. The molecule has 6 nitrogen and oxygen atoms in total. The first-order valence-corrected chi connectivity index (χ1v) is 9.04. The predicted octanol–water partition coefficient (Wildman–Crippen LogP) is 1.87. The van der Waals surface area contributed by atoms with Crippen molar-refractivity contribution in [1.29, 1.82) is 0 Å². The number of carboxylic acid groups (broad SMARTS) is 1. The van der Waals surface area contributed by atoms with Crippen molar-refractivity contribution in [2.45, 2.75) is 38.0 Å². The minimum atomic E-state index is -0.819. The summed E-state index contributed by atoms with van der Waals surface area (Å²) >= 11 is 0. The van der Waals surface area contributed by atoms with Crippen molar-refractivity contribution in [3.05, 3.63) is 18.2 Å². The molecule has 2 aliphatic carbocycles. The first kappa shape index (κ1) is 15.7. The van der Waals surface area contributed by atoms with Gasteiger partial charge in [-0.25, -0.2) is 4.98 Å². The van der Waals surface area contributed by atoms with Crippen LogP contribution in [0.2, 0.25) is 0 Å². The highest BCUT2D eigenvalue weighted by Crippen LogP contribution is 2.50. The summed E-state index contributed by atoms with van der Waals surface area (Å²) < 4.78 is 1.87. The van der Waals surface area contributed by atoms with Crippen molar-refractivity contribution in [2.75, 3.05) is 13.1 Å². The van der Waals surface area contributed by atoms with Gasteiger partial charge in [-0.2, -0.15) is 0 Å². The lowest BCUT2D eigenvalue weighted by atomic mass is 9.58. The summed E-state index contributed by atoms with van der Waals surface area (Å²) in [6, 6.07) is 0. The Morgan fingerprint density at radius 2 is 2.00 bits per heavy atom. The molecule has 2 saturated carbocycles. The number of aryl methyl sites for hydroxylation is 1. The molecule has 0 bridgehead atoms. The molecule has 2 heterocycles. The Kier molecular flexibility index (Phi) is 3.85. The quantitative estimate of drug-likeness (QED) is 0.917. The monoisotopic (exact) mass is 331 g/mol. The van der Waals surface area contributed by atoms with E-state index in [1.165, 1.54) is 25.7 Å². The molecular formula is C18H25N3O3. The molecule has 0 spiro atoms. The number of imidazole rings is 1. The average Bonchev–Trinajstić information content (AvgIpc) is 3.14. The van der Waals surface area contributed by atoms with Crippen LogP contribution in [-0.4, -0.2) is 44.5 Å². The molecule has 130 valence electrons. The summed E-state index contributed by atoms with van der Waals surface area (Å²) in [5, 5.41) is 9.60. The number of aromatic nitrogens is 2. The summed E-state index contributed by atoms with van der Waals surface area (Å²) in [7, 11) is 1.88. The van der Waals surface area contributed by atoms with Gasteiger partial charge in [0.25, 0.3) is 0 Å². The fraction of sp³-hybridized carbons (Fsp3) is 0.722. The van der Waals surface area contributed by atoms with Gasteiger partial charge in [-0.15, -0.1) is 0 Å². The SMILES string of the molecule is Cn1cncc1[C@@H]1CN(C(=O)[C@@H]2C[C@@H]3CCCC[C@@H]32)C[C@H]1C(=O)O. The number of fused-ring (bicyclic) bond motifs is 1. The molecule has 1 saturated heterocycles. The van der Waals surface area contributed by atoms with Crippen LogP contribution in [0.15, 0.2) is 12.5 Å². The molecule has 1 amide bonds. The van der Waals surface area contributed by atoms with E-state index < -0.39 is 11.9 Å². The maximum Gasteiger partial charge on any atom is 0.309 e. The van der Waals surface area contributed by atoms with Crippen LogP contribution in [-0.2, 0) is 16.6 Å². The van der Waals surface area contributed by atoms with E-state index in [0.29, 0.717) is 19.0 Å². The van der Waals surface area contributed by atoms with E-state index in [0.717, 1.165) is 18.0 Å². The molecule has 1 N–H and O–H groups in total. The number of carboxylic acids is 1. The van der Waals surface area contributed by atoms with Crippen LogP contribution in [0.4, 0.5) is 0 Å². The lowest BCUT2D eigenvalue weighted by molar-refractivity contribution is -0.146. The second-order valence-corrected chi connectivity index (χ2v) is 7.77. The smallest absolute Gasteiger partial charge is 0.309 e. The first-order chi connectivity index (χ1) is 11.6. The standard InChI is InChI=1S/C18H25N3O3/c1-20-10-19-7-16(20)14-8-21(9-15(14)18(23)24)17(22)13-6-11-4-2-3-5-12(11)13/h7,10-15H,2-6,8-9H2,1H3,(H,23,24)/t11-,12-,13+,14+,15+/m0/s1. The predicted molar refractivity (Wildman–Crippen MR) is 87.2 cm³/mol. The van der Waals surface area contributed by atoms with Gasteiger partial charge >= 0.3 is 5.97 Å². The maximum atomic E-state index is 13.0. The fourth-order valence-corrected chi connectivity index (χ4v) is 5.14. The number of aliphatic carboxylic acids is 1. The highest BCUT2D eigenvalue weighted by Gasteiger charge is 2.50. The molecule has 0 unspecified atom stereocenters. The van der Waals surface area contributed by atoms with Crippen LogP contribution in [0.5, 0.6) is 0 Å². The summed E-state index contributed by atoms with van der Waals surface area (Å²) in [6.45, 7) is 0.834. The molecule has 24 heavy (non-hydrogen) atoms. The van der Waals surface area contributed by atoms with Crippen molar-refractivity contribution in [2.24, 2.45) is 30.7 Å². The molecule has 3 aliphatic rings. The molecule has 5 atom stereocenters. The number of amides is 1. The zero-order valence-corrected chi connectivity index (χ0v) is 14.1. The van der Waals surface area contributed by atoms with Gasteiger partial charge in [0.2, 0.25) is 5.91 Å². The minimum Gasteiger partial charge on any atom is -0.481 e. The van der Waals surface area contributed by atoms with Crippen molar-refractivity contribution >= 4 is 11.9 Å². The Morgan fingerprint density at radius 1 is 1.21 bits per heavy atom. The lowest BCUT2D eigenvalue weighted by Gasteiger charge is -2.48. The van der Waals surface area contributed by atoms with E-state index in [2.05, 4.69) is 4.98 Å². The number of hydrogen-bond donors (Lipinski definition) is 1. The van der Waals surface area contributed by atoms with Crippen LogP contribution in [0.1, 0.15) is 43.7 Å². The van der Waals surface area contributed by atoms with E-state index >= 15 is 0 Å². The van der Waals surface area contributed by atoms with E-state index in [1.807, 2.05) is 16.5 Å². The van der Waals surface area contributed by atoms with Gasteiger partial charge < -0.3 is 14.6 Å². The molecule has 6 heteroatoms. The summed E-state index contributed by atoms with van der Waals surface area (Å²) in [5.74, 6) is 0.0845. The Labute approximate surface area is 141 Å². The topological polar surface area (TPSA) is 75.4 Å². The molecule has 0 aromatic carbocycles. The molecule has 1 aromatic rings. The Hall–Kier alpha value is -1.85. The molecule has 0 radical (unpaired) electrons. The van der Waals surface area contributed by atoms with E-state index in [1.54, 1.807) is 12.5 Å². The molecule has 4 rings (SSSR count). The third kappa shape index (κ3) is 2.43. The minimum absolute atomic E-state index is 0.134. The van der Waals surface area contributed by atoms with Crippen molar-refractivity contribution in [3.63, 3.8) is 0 Å². The van der Waals surface area contributed by atoms with Gasteiger partial charge in [-0.05, 0) is 24.7 Å². The zero-order valence-electron chi connectivity index (χ0n) is 14.1. The second kappa shape index (κ2) is 5.90. The third-order valence-electron chi connectivity index (χ3n) is 6.54. The van der Waals surface area contributed by atoms with Crippen LogP contribution < -0.4 is 0 Å². The van der Waals surface area contributed by atoms with Crippen molar-refractivity contribution in [1.82, 2.24) is 14.5 Å². The summed E-state index contributed by atoms with van der Waals surface area (Å²) in [6.07, 6.45) is 9.41. The number of likely N-dealkylation sites (tertiary alicyclic amines) is 1. The highest BCUT2D eigenvalue weighted by molar-refractivity contribution is 5.82. The van der Waals surface area contributed by atoms with Crippen LogP contribution in [0.3, 0.4) is 0 Å². The van der Waals surface area contributed by atoms with E-state index in [-0.39, 0.29) is 17.7 Å². The molecule has 1 aromatic heterocycles. The van der Waals surface area contributed by atoms with Gasteiger partial charge in [-0.1, -0.05) is 19.3 Å². The van der Waals surface area contributed by atoms with E-state index in [4.69, 9.17) is 0 Å². The lowest BCUT2D eigenvalue weighted by Crippen LogP contribution is -2.48. The van der Waals surface area contributed by atoms with Gasteiger partial charge in [-0.3, -0.25) is 9.59 Å². The normalized spacial score (nSPS) is 35.4. The third-order valence-corrected chi connectivity index (χ3v) is 6.54. The van der Waals surface area contributed by atoms with E-state index in [9.17, 15) is 14.7 Å². The molecule has 3 fully saturated rings. The Balaban J connectivity index is 1.50. The average molecular weight is 331 g/mol. The fourth-order valence-electron chi connectivity index (χ4n) is 5.14. The summed E-state index contributed by atoms with van der Waals surface area (Å²) in [4.78, 5) is 30.6. The molecule has 1 aliphatic heterocycles.